The topological polar surface area (TPSA) is 3.24 Å². The molecular weight excluding hydrogens is 269 g/mol. The van der Waals surface area contributed by atoms with Crippen LogP contribution in [0.15, 0.2) is 29.2 Å². The maximum absolute atomic E-state index is 2.26. The molecule has 0 spiro atoms. The molecule has 1 aliphatic heterocycles. The summed E-state index contributed by atoms with van der Waals surface area (Å²) < 4.78 is 0. The first-order chi connectivity index (χ1) is 4.88. The van der Waals surface area contributed by atoms with Gasteiger partial charge in [0, 0.05) is 11.9 Å². The number of para-hydroxylation sites is 1. The Bertz CT molecular complexity index is 252. The predicted molar refractivity (Wildman–Crippen MR) is 45.6 cm³/mol. The third-order valence-electron chi connectivity index (χ3n) is 1.69. The van der Waals surface area contributed by atoms with Crippen molar-refractivity contribution in [3.63, 3.8) is 0 Å². The Morgan fingerprint density at radius 2 is 2.09 bits per heavy atom. The van der Waals surface area contributed by atoms with Crippen LogP contribution in [0.1, 0.15) is 0 Å². The lowest BCUT2D eigenvalue weighted by Gasteiger charge is -2.08. The predicted octanol–water partition coefficient (Wildman–Crippen LogP) is -0.810. The van der Waals surface area contributed by atoms with Gasteiger partial charge in [-0.3, -0.25) is 0 Å². The molecular formula is C8H9INS-. The molecule has 60 valence electrons. The van der Waals surface area contributed by atoms with Gasteiger partial charge in [0.25, 0.3) is 0 Å². The second kappa shape index (κ2) is 3.67. The first-order valence-corrected chi connectivity index (χ1v) is 4.29. The highest BCUT2D eigenvalue weighted by molar-refractivity contribution is 7.99. The highest BCUT2D eigenvalue weighted by atomic mass is 127. The summed E-state index contributed by atoms with van der Waals surface area (Å²) in [6.45, 7) is 0. The molecule has 0 saturated carbocycles. The lowest BCUT2D eigenvalue weighted by molar-refractivity contribution is -0.00000197. The largest absolute Gasteiger partial charge is 1.00 e. The van der Waals surface area contributed by atoms with E-state index in [0.717, 1.165) is 5.88 Å². The number of benzene rings is 1. The molecule has 1 nitrogen and oxygen atoms in total. The molecule has 1 aromatic carbocycles. The van der Waals surface area contributed by atoms with Crippen LogP contribution < -0.4 is 28.9 Å². The minimum Gasteiger partial charge on any atom is -1.00 e. The van der Waals surface area contributed by atoms with E-state index in [1.807, 2.05) is 11.8 Å². The van der Waals surface area contributed by atoms with Gasteiger partial charge in [0.15, 0.2) is 0 Å². The Kier molecular flexibility index (Phi) is 3.06. The number of fused-ring (bicyclic) bond motifs is 1. The summed E-state index contributed by atoms with van der Waals surface area (Å²) >= 11 is 1.90. The van der Waals surface area contributed by atoms with Gasteiger partial charge in [-0.25, -0.2) is 0 Å². The molecule has 1 aliphatic rings. The van der Waals surface area contributed by atoms with Crippen molar-refractivity contribution in [3.8, 4) is 0 Å². The first-order valence-electron chi connectivity index (χ1n) is 3.31. The molecule has 3 heteroatoms. The molecule has 1 heterocycles. The van der Waals surface area contributed by atoms with Crippen molar-refractivity contribution in [1.82, 2.24) is 0 Å². The van der Waals surface area contributed by atoms with Crippen molar-refractivity contribution in [2.45, 2.75) is 4.90 Å². The number of nitrogens with zero attached hydrogens (tertiary/aromatic N) is 1. The molecule has 0 amide bonds. The summed E-state index contributed by atoms with van der Waals surface area (Å²) in [7, 11) is 2.12. The molecule has 2 rings (SSSR count). The zero-order valence-corrected chi connectivity index (χ0v) is 9.22. The molecule has 1 aromatic rings. The molecule has 0 N–H and O–H groups in total. The first kappa shape index (κ1) is 9.19. The van der Waals surface area contributed by atoms with Crippen molar-refractivity contribution in [2.75, 3.05) is 17.8 Å². The normalized spacial score (nSPS) is 14.1. The van der Waals surface area contributed by atoms with Gasteiger partial charge in [0.2, 0.25) is 0 Å². The number of anilines is 1. The van der Waals surface area contributed by atoms with E-state index in [1.165, 1.54) is 10.6 Å². The smallest absolute Gasteiger partial charge is 0.0683 e. The fourth-order valence-electron chi connectivity index (χ4n) is 1.13. The summed E-state index contributed by atoms with van der Waals surface area (Å²) in [5, 5.41) is 0. The molecule has 0 unspecified atom stereocenters. The van der Waals surface area contributed by atoms with Gasteiger partial charge in [-0.1, -0.05) is 12.1 Å². The summed E-state index contributed by atoms with van der Waals surface area (Å²) in [4.78, 5) is 3.67. The number of halogens is 1. The van der Waals surface area contributed by atoms with Gasteiger partial charge in [-0.15, -0.1) is 11.8 Å². The van der Waals surface area contributed by atoms with Crippen LogP contribution >= 0.6 is 11.8 Å². The SMILES string of the molecule is CN1CSc2ccccc21.[I-]. The van der Waals surface area contributed by atoms with Crippen molar-refractivity contribution < 1.29 is 24.0 Å². The van der Waals surface area contributed by atoms with Crippen LogP contribution in [-0.4, -0.2) is 12.9 Å². The van der Waals surface area contributed by atoms with E-state index in [2.05, 4.69) is 36.2 Å². The van der Waals surface area contributed by atoms with Crippen molar-refractivity contribution in [2.24, 2.45) is 0 Å². The van der Waals surface area contributed by atoms with Crippen molar-refractivity contribution in [3.05, 3.63) is 24.3 Å². The minimum atomic E-state index is 0. The van der Waals surface area contributed by atoms with E-state index in [9.17, 15) is 0 Å². The monoisotopic (exact) mass is 278 g/mol. The van der Waals surface area contributed by atoms with Crippen molar-refractivity contribution >= 4 is 17.4 Å². The van der Waals surface area contributed by atoms with E-state index >= 15 is 0 Å². The van der Waals surface area contributed by atoms with Crippen LogP contribution in [0.5, 0.6) is 0 Å². The molecule has 0 atom stereocenters. The highest BCUT2D eigenvalue weighted by Gasteiger charge is 2.13. The van der Waals surface area contributed by atoms with Gasteiger partial charge in [-0.2, -0.15) is 0 Å². The summed E-state index contributed by atoms with van der Waals surface area (Å²) in [6.07, 6.45) is 0. The van der Waals surface area contributed by atoms with E-state index in [1.54, 1.807) is 0 Å². The molecule has 11 heavy (non-hydrogen) atoms. The number of hydrogen-bond acceptors (Lipinski definition) is 2. The highest BCUT2D eigenvalue weighted by Crippen LogP contribution is 2.36. The zero-order valence-electron chi connectivity index (χ0n) is 6.25. The third kappa shape index (κ3) is 1.64. The molecule has 0 aliphatic carbocycles. The Morgan fingerprint density at radius 3 is 2.82 bits per heavy atom. The van der Waals surface area contributed by atoms with Crippen LogP contribution in [0.4, 0.5) is 5.69 Å². The van der Waals surface area contributed by atoms with Gasteiger partial charge < -0.3 is 28.9 Å². The van der Waals surface area contributed by atoms with Gasteiger partial charge in [-0.05, 0) is 12.1 Å². The quantitative estimate of drug-likeness (QED) is 0.571. The van der Waals surface area contributed by atoms with Gasteiger partial charge >= 0.3 is 0 Å². The van der Waals surface area contributed by atoms with E-state index in [4.69, 9.17) is 0 Å². The van der Waals surface area contributed by atoms with E-state index < -0.39 is 0 Å². The number of rotatable bonds is 0. The van der Waals surface area contributed by atoms with E-state index in [0.29, 0.717) is 0 Å². The maximum Gasteiger partial charge on any atom is 0.0683 e. The fraction of sp³-hybridized carbons (Fsp3) is 0.250. The third-order valence-corrected chi connectivity index (χ3v) is 2.86. The summed E-state index contributed by atoms with van der Waals surface area (Å²) in [5.41, 5.74) is 1.37. The number of thioether (sulfide) groups is 1. The van der Waals surface area contributed by atoms with E-state index in [-0.39, 0.29) is 24.0 Å². The Morgan fingerprint density at radius 1 is 1.36 bits per heavy atom. The lowest BCUT2D eigenvalue weighted by Crippen LogP contribution is -3.00. The van der Waals surface area contributed by atoms with Crippen LogP contribution in [0.25, 0.3) is 0 Å². The van der Waals surface area contributed by atoms with Gasteiger partial charge in [0.1, 0.15) is 0 Å². The summed E-state index contributed by atoms with van der Waals surface area (Å²) in [6, 6.07) is 8.50. The lowest BCUT2D eigenvalue weighted by atomic mass is 10.3. The number of hydrogen-bond donors (Lipinski definition) is 0. The maximum atomic E-state index is 2.26. The van der Waals surface area contributed by atoms with Crippen molar-refractivity contribution in [1.29, 1.82) is 0 Å². The minimum absolute atomic E-state index is 0. The standard InChI is InChI=1S/C8H9NS.HI/c1-9-6-10-8-5-3-2-4-7(8)9;/h2-5H,6H2,1H3;1H/p-1. The average Bonchev–Trinajstić information content (AvgIpc) is 2.34. The molecule has 0 saturated heterocycles. The molecule has 0 bridgehead atoms. The average molecular weight is 278 g/mol. The van der Waals surface area contributed by atoms with Crippen LogP contribution in [0.2, 0.25) is 0 Å². The fourth-order valence-corrected chi connectivity index (χ4v) is 2.15. The van der Waals surface area contributed by atoms with Crippen LogP contribution in [0.3, 0.4) is 0 Å². The van der Waals surface area contributed by atoms with Crippen LogP contribution in [0, 0.1) is 0 Å². The Balaban J connectivity index is 0.000000605. The molecule has 0 aromatic heterocycles. The van der Waals surface area contributed by atoms with Gasteiger partial charge in [0.05, 0.1) is 11.6 Å². The second-order valence-electron chi connectivity index (χ2n) is 2.44. The molecule has 0 fully saturated rings. The van der Waals surface area contributed by atoms with Crippen LogP contribution in [-0.2, 0) is 0 Å². The Labute approximate surface area is 88.2 Å². The summed E-state index contributed by atoms with van der Waals surface area (Å²) in [5.74, 6) is 1.10. The zero-order chi connectivity index (χ0) is 6.97. The second-order valence-corrected chi connectivity index (χ2v) is 3.43. The molecule has 0 radical (unpaired) electrons. The Hall–Kier alpha value is 0.100.